The summed E-state index contributed by atoms with van der Waals surface area (Å²) in [6.45, 7) is 8.24. The number of hydrogen-bond donors (Lipinski definition) is 1. The smallest absolute Gasteiger partial charge is 0.126 e. The normalized spacial score (nSPS) is 19.7. The van der Waals surface area contributed by atoms with Crippen molar-refractivity contribution in [1.82, 2.24) is 10.2 Å². The number of nitrogens with one attached hydrogen (secondary N) is 1. The molecular weight excluding hydrogens is 203 g/mol. The van der Waals surface area contributed by atoms with Crippen molar-refractivity contribution < 1.29 is 4.39 Å². The van der Waals surface area contributed by atoms with Gasteiger partial charge in [0, 0.05) is 32.2 Å². The van der Waals surface area contributed by atoms with E-state index in [1.165, 1.54) is 5.56 Å². The lowest BCUT2D eigenvalue weighted by Gasteiger charge is -2.33. The van der Waals surface area contributed by atoms with Crippen LogP contribution >= 0.6 is 0 Å². The van der Waals surface area contributed by atoms with Gasteiger partial charge < -0.3 is 5.32 Å². The van der Waals surface area contributed by atoms with Gasteiger partial charge in [0.25, 0.3) is 0 Å². The van der Waals surface area contributed by atoms with Crippen LogP contribution in [0.25, 0.3) is 0 Å². The lowest BCUT2D eigenvalue weighted by atomic mass is 10.0. The van der Waals surface area contributed by atoms with E-state index in [9.17, 15) is 4.39 Å². The van der Waals surface area contributed by atoms with Gasteiger partial charge in [-0.05, 0) is 31.0 Å². The Kier molecular flexibility index (Phi) is 3.56. The summed E-state index contributed by atoms with van der Waals surface area (Å²) in [7, 11) is 0. The molecule has 0 saturated carbocycles. The van der Waals surface area contributed by atoms with E-state index in [2.05, 4.69) is 17.1 Å². The summed E-state index contributed by atoms with van der Waals surface area (Å²) in [6, 6.07) is 5.81. The summed E-state index contributed by atoms with van der Waals surface area (Å²) in [6.07, 6.45) is 0. The molecule has 0 amide bonds. The third-order valence-electron chi connectivity index (χ3n) is 3.36. The van der Waals surface area contributed by atoms with E-state index in [4.69, 9.17) is 0 Å². The molecule has 0 radical (unpaired) electrons. The number of halogens is 1. The van der Waals surface area contributed by atoms with Gasteiger partial charge in [-0.1, -0.05) is 12.1 Å². The Hall–Kier alpha value is -0.930. The van der Waals surface area contributed by atoms with Crippen molar-refractivity contribution in [2.45, 2.75) is 19.9 Å². The molecule has 1 atom stereocenters. The molecule has 0 unspecified atom stereocenters. The van der Waals surface area contributed by atoms with E-state index in [0.717, 1.165) is 31.7 Å². The number of nitrogens with zero attached hydrogens (tertiary/aromatic N) is 1. The number of piperazine rings is 1. The molecule has 1 aliphatic rings. The van der Waals surface area contributed by atoms with Gasteiger partial charge >= 0.3 is 0 Å². The second-order valence-corrected chi connectivity index (χ2v) is 4.47. The average molecular weight is 222 g/mol. The van der Waals surface area contributed by atoms with Crippen molar-refractivity contribution in [2.24, 2.45) is 0 Å². The van der Waals surface area contributed by atoms with Crippen LogP contribution in [0.4, 0.5) is 4.39 Å². The van der Waals surface area contributed by atoms with Crippen LogP contribution in [-0.4, -0.2) is 31.1 Å². The monoisotopic (exact) mass is 222 g/mol. The molecule has 88 valence electrons. The van der Waals surface area contributed by atoms with Crippen LogP contribution in [0.5, 0.6) is 0 Å². The minimum atomic E-state index is -0.115. The predicted molar refractivity (Wildman–Crippen MR) is 64.0 cm³/mol. The Balaban J connectivity index is 2.12. The fourth-order valence-electron chi connectivity index (χ4n) is 2.21. The molecule has 0 aromatic heterocycles. The largest absolute Gasteiger partial charge is 0.314 e. The summed E-state index contributed by atoms with van der Waals surface area (Å²) in [5, 5.41) is 3.34. The van der Waals surface area contributed by atoms with Crippen LogP contribution in [0.1, 0.15) is 24.1 Å². The molecule has 0 spiro atoms. The van der Waals surface area contributed by atoms with Crippen molar-refractivity contribution in [2.75, 3.05) is 26.2 Å². The van der Waals surface area contributed by atoms with Crippen LogP contribution in [-0.2, 0) is 0 Å². The van der Waals surface area contributed by atoms with E-state index >= 15 is 0 Å². The molecule has 1 aromatic rings. The molecule has 1 aromatic carbocycles. The highest BCUT2D eigenvalue weighted by atomic mass is 19.1. The molecule has 2 nitrogen and oxygen atoms in total. The maximum Gasteiger partial charge on any atom is 0.126 e. The molecule has 16 heavy (non-hydrogen) atoms. The first-order valence-corrected chi connectivity index (χ1v) is 5.89. The Morgan fingerprint density at radius 1 is 1.31 bits per heavy atom. The topological polar surface area (TPSA) is 15.3 Å². The third-order valence-corrected chi connectivity index (χ3v) is 3.36. The van der Waals surface area contributed by atoms with Crippen LogP contribution < -0.4 is 5.32 Å². The number of rotatable bonds is 2. The first-order chi connectivity index (χ1) is 7.68. The van der Waals surface area contributed by atoms with Crippen molar-refractivity contribution >= 4 is 0 Å². The molecule has 1 fully saturated rings. The van der Waals surface area contributed by atoms with Crippen molar-refractivity contribution in [3.05, 3.63) is 35.1 Å². The van der Waals surface area contributed by atoms with Gasteiger partial charge in [0.05, 0.1) is 0 Å². The van der Waals surface area contributed by atoms with Crippen LogP contribution in [0.3, 0.4) is 0 Å². The number of hydrogen-bond acceptors (Lipinski definition) is 2. The van der Waals surface area contributed by atoms with Crippen LogP contribution in [0.15, 0.2) is 18.2 Å². The van der Waals surface area contributed by atoms with Gasteiger partial charge in [-0.3, -0.25) is 4.90 Å². The number of benzene rings is 1. The molecule has 3 heteroatoms. The summed E-state index contributed by atoms with van der Waals surface area (Å²) in [4.78, 5) is 2.43. The van der Waals surface area contributed by atoms with Gasteiger partial charge in [-0.25, -0.2) is 4.39 Å². The fourth-order valence-corrected chi connectivity index (χ4v) is 2.21. The minimum Gasteiger partial charge on any atom is -0.314 e. The zero-order valence-electron chi connectivity index (χ0n) is 9.96. The van der Waals surface area contributed by atoms with E-state index in [1.807, 2.05) is 19.1 Å². The predicted octanol–water partition coefficient (Wildman–Crippen LogP) is 2.10. The first-order valence-electron chi connectivity index (χ1n) is 5.89. The Morgan fingerprint density at radius 2 is 2.00 bits per heavy atom. The second-order valence-electron chi connectivity index (χ2n) is 4.47. The highest BCUT2D eigenvalue weighted by Crippen LogP contribution is 2.22. The summed E-state index contributed by atoms with van der Waals surface area (Å²) in [5.74, 6) is -0.115. The molecule has 1 aliphatic heterocycles. The first kappa shape index (κ1) is 11.6. The zero-order valence-corrected chi connectivity index (χ0v) is 9.96. The van der Waals surface area contributed by atoms with Crippen molar-refractivity contribution in [3.8, 4) is 0 Å². The van der Waals surface area contributed by atoms with Crippen LogP contribution in [0, 0.1) is 12.7 Å². The second kappa shape index (κ2) is 4.93. The van der Waals surface area contributed by atoms with Gasteiger partial charge in [-0.2, -0.15) is 0 Å². The summed E-state index contributed by atoms with van der Waals surface area (Å²) < 4.78 is 13.2. The lowest BCUT2D eigenvalue weighted by molar-refractivity contribution is 0.185. The quantitative estimate of drug-likeness (QED) is 0.824. The van der Waals surface area contributed by atoms with Gasteiger partial charge in [0.1, 0.15) is 5.82 Å². The molecule has 0 aliphatic carbocycles. The van der Waals surface area contributed by atoms with Gasteiger partial charge in [0.2, 0.25) is 0 Å². The Bertz CT molecular complexity index is 359. The SMILES string of the molecule is Cc1cc([C@@H](C)N2CCNCC2)ccc1F. The van der Waals surface area contributed by atoms with E-state index in [-0.39, 0.29) is 5.82 Å². The fraction of sp³-hybridized carbons (Fsp3) is 0.538. The standard InChI is InChI=1S/C13H19FN2/c1-10-9-12(3-4-13(10)14)11(2)16-7-5-15-6-8-16/h3-4,9,11,15H,5-8H2,1-2H3/t11-/m1/s1. The Morgan fingerprint density at radius 3 is 2.62 bits per heavy atom. The molecule has 1 N–H and O–H groups in total. The van der Waals surface area contributed by atoms with Gasteiger partial charge in [0.15, 0.2) is 0 Å². The average Bonchev–Trinajstić information content (AvgIpc) is 2.33. The number of aryl methyl sites for hydroxylation is 1. The van der Waals surface area contributed by atoms with Crippen molar-refractivity contribution in [1.29, 1.82) is 0 Å². The maximum atomic E-state index is 13.2. The minimum absolute atomic E-state index is 0.115. The zero-order chi connectivity index (χ0) is 11.5. The van der Waals surface area contributed by atoms with E-state index < -0.39 is 0 Å². The highest BCUT2D eigenvalue weighted by molar-refractivity contribution is 5.26. The summed E-state index contributed by atoms with van der Waals surface area (Å²) >= 11 is 0. The van der Waals surface area contributed by atoms with Crippen LogP contribution in [0.2, 0.25) is 0 Å². The van der Waals surface area contributed by atoms with E-state index in [0.29, 0.717) is 6.04 Å². The van der Waals surface area contributed by atoms with Gasteiger partial charge in [-0.15, -0.1) is 0 Å². The third kappa shape index (κ3) is 2.42. The Labute approximate surface area is 96.5 Å². The summed E-state index contributed by atoms with van der Waals surface area (Å²) in [5.41, 5.74) is 1.94. The highest BCUT2D eigenvalue weighted by Gasteiger charge is 2.18. The maximum absolute atomic E-state index is 13.2. The molecular formula is C13H19FN2. The lowest BCUT2D eigenvalue weighted by Crippen LogP contribution is -2.44. The molecule has 1 saturated heterocycles. The molecule has 1 heterocycles. The van der Waals surface area contributed by atoms with E-state index in [1.54, 1.807) is 6.07 Å². The van der Waals surface area contributed by atoms with Crippen molar-refractivity contribution in [3.63, 3.8) is 0 Å². The molecule has 0 bridgehead atoms. The molecule has 2 rings (SSSR count).